The number of hydrogen-bond acceptors (Lipinski definition) is 5. The minimum Gasteiger partial charge on any atom is -0.484 e. The Morgan fingerprint density at radius 2 is 1.92 bits per heavy atom. The van der Waals surface area contributed by atoms with Crippen LogP contribution in [0.1, 0.15) is 39.0 Å². The van der Waals surface area contributed by atoms with Gasteiger partial charge in [-0.25, -0.2) is 8.42 Å². The summed E-state index contributed by atoms with van der Waals surface area (Å²) in [5.41, 5.74) is 0.502. The fourth-order valence-electron chi connectivity index (χ4n) is 2.93. The van der Waals surface area contributed by atoms with Crippen molar-refractivity contribution in [2.45, 2.75) is 44.3 Å². The summed E-state index contributed by atoms with van der Waals surface area (Å²) in [5.74, 6) is -0.254. The van der Waals surface area contributed by atoms with Crippen LogP contribution in [-0.2, 0) is 19.4 Å². The number of benzene rings is 1. The zero-order chi connectivity index (χ0) is 19.0. The largest absolute Gasteiger partial charge is 0.484 e. The third-order valence-corrected chi connectivity index (χ3v) is 6.55. The van der Waals surface area contributed by atoms with Gasteiger partial charge in [-0.1, -0.05) is 18.9 Å². The maximum Gasteiger partial charge on any atom is 0.257 e. The summed E-state index contributed by atoms with van der Waals surface area (Å²) >= 11 is 0. The van der Waals surface area contributed by atoms with Crippen LogP contribution in [0.5, 0.6) is 5.75 Å². The highest BCUT2D eigenvalue weighted by Gasteiger charge is 2.28. The molecule has 8 heteroatoms. The van der Waals surface area contributed by atoms with Crippen molar-refractivity contribution in [3.8, 4) is 5.75 Å². The molecule has 7 nitrogen and oxygen atoms in total. The zero-order valence-corrected chi connectivity index (χ0v) is 15.8. The molecule has 0 aromatic heterocycles. The lowest BCUT2D eigenvalue weighted by molar-refractivity contribution is -0.123. The summed E-state index contributed by atoms with van der Waals surface area (Å²) < 4.78 is 29.8. The van der Waals surface area contributed by atoms with Crippen LogP contribution in [0.2, 0.25) is 0 Å². The lowest BCUT2D eigenvalue weighted by Gasteiger charge is -2.11. The van der Waals surface area contributed by atoms with Crippen LogP contribution < -0.4 is 15.4 Å². The van der Waals surface area contributed by atoms with Crippen LogP contribution in [0.4, 0.5) is 5.69 Å². The number of carbonyl (C=O) groups is 2. The SMILES string of the molecule is CCNC(=O)COc1cccc(NC(=O)CCS(=O)(=O)C2CCCC2)c1. The Balaban J connectivity index is 1.83. The van der Waals surface area contributed by atoms with Gasteiger partial charge in [0.05, 0.1) is 11.0 Å². The van der Waals surface area contributed by atoms with Gasteiger partial charge in [0, 0.05) is 24.7 Å². The lowest BCUT2D eigenvalue weighted by atomic mass is 10.3. The van der Waals surface area contributed by atoms with E-state index < -0.39 is 9.84 Å². The molecule has 0 heterocycles. The Labute approximate surface area is 154 Å². The van der Waals surface area contributed by atoms with Crippen molar-refractivity contribution < 1.29 is 22.7 Å². The number of anilines is 1. The van der Waals surface area contributed by atoms with Gasteiger partial charge >= 0.3 is 0 Å². The number of sulfone groups is 1. The number of amides is 2. The average Bonchev–Trinajstić information content (AvgIpc) is 3.15. The molecule has 2 amide bonds. The topological polar surface area (TPSA) is 102 Å². The van der Waals surface area contributed by atoms with Crippen molar-refractivity contribution in [2.24, 2.45) is 0 Å². The number of carbonyl (C=O) groups excluding carboxylic acids is 2. The molecule has 1 saturated carbocycles. The van der Waals surface area contributed by atoms with E-state index in [1.165, 1.54) is 0 Å². The molecule has 2 rings (SSSR count). The average molecular weight is 382 g/mol. The Bertz CT molecular complexity index is 727. The van der Waals surface area contributed by atoms with Crippen molar-refractivity contribution in [3.05, 3.63) is 24.3 Å². The van der Waals surface area contributed by atoms with Gasteiger partial charge < -0.3 is 15.4 Å². The Hall–Kier alpha value is -2.09. The van der Waals surface area contributed by atoms with Gasteiger partial charge in [0.1, 0.15) is 5.75 Å². The molecule has 0 aliphatic heterocycles. The van der Waals surface area contributed by atoms with Gasteiger partial charge in [0.2, 0.25) is 5.91 Å². The first kappa shape index (κ1) is 20.2. The molecule has 0 radical (unpaired) electrons. The van der Waals surface area contributed by atoms with E-state index in [0.717, 1.165) is 12.8 Å². The predicted molar refractivity (Wildman–Crippen MR) is 99.9 cm³/mol. The smallest absolute Gasteiger partial charge is 0.257 e. The second-order valence-electron chi connectivity index (χ2n) is 6.34. The molecule has 0 unspecified atom stereocenters. The van der Waals surface area contributed by atoms with Crippen LogP contribution >= 0.6 is 0 Å². The molecule has 144 valence electrons. The van der Waals surface area contributed by atoms with E-state index in [9.17, 15) is 18.0 Å². The first-order valence-electron chi connectivity index (χ1n) is 8.91. The monoisotopic (exact) mass is 382 g/mol. The molecule has 1 aromatic carbocycles. The van der Waals surface area contributed by atoms with Gasteiger partial charge in [-0.15, -0.1) is 0 Å². The Kier molecular flexibility index (Phi) is 7.44. The number of ether oxygens (including phenoxy) is 1. The van der Waals surface area contributed by atoms with Gasteiger partial charge in [-0.2, -0.15) is 0 Å². The molecule has 1 aromatic rings. The second kappa shape index (κ2) is 9.56. The highest BCUT2D eigenvalue weighted by molar-refractivity contribution is 7.92. The standard InChI is InChI=1S/C18H26N2O5S/c1-2-19-18(22)13-25-15-7-5-6-14(12-15)20-17(21)10-11-26(23,24)16-8-3-4-9-16/h5-7,12,16H,2-4,8-11,13H2,1H3,(H,19,22)(H,20,21). The fourth-order valence-corrected chi connectivity index (χ4v) is 4.79. The van der Waals surface area contributed by atoms with Crippen LogP contribution in [-0.4, -0.2) is 44.4 Å². The molecular weight excluding hydrogens is 356 g/mol. The summed E-state index contributed by atoms with van der Waals surface area (Å²) in [6.07, 6.45) is 3.23. The Morgan fingerprint density at radius 3 is 2.62 bits per heavy atom. The maximum atomic E-state index is 12.2. The summed E-state index contributed by atoms with van der Waals surface area (Å²) in [6.45, 7) is 2.24. The fraction of sp³-hybridized carbons (Fsp3) is 0.556. The third-order valence-electron chi connectivity index (χ3n) is 4.29. The summed E-state index contributed by atoms with van der Waals surface area (Å²) in [4.78, 5) is 23.5. The molecule has 1 aliphatic carbocycles. The van der Waals surface area contributed by atoms with Crippen molar-refractivity contribution in [3.63, 3.8) is 0 Å². The first-order valence-corrected chi connectivity index (χ1v) is 10.6. The second-order valence-corrected chi connectivity index (χ2v) is 8.74. The van der Waals surface area contributed by atoms with E-state index >= 15 is 0 Å². The molecule has 2 N–H and O–H groups in total. The van der Waals surface area contributed by atoms with Crippen LogP contribution in [0.3, 0.4) is 0 Å². The number of hydrogen-bond donors (Lipinski definition) is 2. The van der Waals surface area contributed by atoms with E-state index in [4.69, 9.17) is 4.74 Å². The molecule has 0 saturated heterocycles. The quantitative estimate of drug-likeness (QED) is 0.679. The number of nitrogens with one attached hydrogen (secondary N) is 2. The molecule has 1 aliphatic rings. The summed E-state index contributed by atoms with van der Waals surface area (Å²) in [6, 6.07) is 6.66. The van der Waals surface area contributed by atoms with E-state index in [0.29, 0.717) is 30.8 Å². The zero-order valence-electron chi connectivity index (χ0n) is 15.0. The maximum absolute atomic E-state index is 12.2. The van der Waals surface area contributed by atoms with Gasteiger partial charge in [0.15, 0.2) is 16.4 Å². The summed E-state index contributed by atoms with van der Waals surface area (Å²) in [7, 11) is -3.21. The van der Waals surface area contributed by atoms with Crippen molar-refractivity contribution in [1.82, 2.24) is 5.32 Å². The van der Waals surface area contributed by atoms with Gasteiger partial charge in [-0.3, -0.25) is 9.59 Å². The lowest BCUT2D eigenvalue weighted by Crippen LogP contribution is -2.28. The molecule has 0 bridgehead atoms. The Morgan fingerprint density at radius 1 is 1.19 bits per heavy atom. The molecule has 1 fully saturated rings. The minimum atomic E-state index is -3.21. The van der Waals surface area contributed by atoms with Gasteiger partial charge in [0.25, 0.3) is 5.91 Å². The third kappa shape index (κ3) is 6.33. The molecule has 26 heavy (non-hydrogen) atoms. The molecular formula is C18H26N2O5S. The number of rotatable bonds is 9. The molecule has 0 spiro atoms. The van der Waals surface area contributed by atoms with Crippen molar-refractivity contribution in [1.29, 1.82) is 0 Å². The van der Waals surface area contributed by atoms with E-state index in [1.807, 2.05) is 6.92 Å². The van der Waals surface area contributed by atoms with Gasteiger partial charge in [-0.05, 0) is 31.9 Å². The normalized spacial score (nSPS) is 14.8. The highest BCUT2D eigenvalue weighted by Crippen LogP contribution is 2.25. The summed E-state index contributed by atoms with van der Waals surface area (Å²) in [5, 5.41) is 5.01. The number of likely N-dealkylation sites (N-methyl/N-ethyl adjacent to an activating group) is 1. The van der Waals surface area contributed by atoms with E-state index in [1.54, 1.807) is 24.3 Å². The van der Waals surface area contributed by atoms with Crippen LogP contribution in [0, 0.1) is 0 Å². The van der Waals surface area contributed by atoms with Crippen LogP contribution in [0.15, 0.2) is 24.3 Å². The van der Waals surface area contributed by atoms with E-state index in [2.05, 4.69) is 10.6 Å². The highest BCUT2D eigenvalue weighted by atomic mass is 32.2. The van der Waals surface area contributed by atoms with Crippen LogP contribution in [0.25, 0.3) is 0 Å². The predicted octanol–water partition coefficient (Wildman–Crippen LogP) is 1.89. The van der Waals surface area contributed by atoms with Crippen molar-refractivity contribution >= 4 is 27.3 Å². The van der Waals surface area contributed by atoms with Crippen molar-refractivity contribution in [2.75, 3.05) is 24.2 Å². The van der Waals surface area contributed by atoms with E-state index in [-0.39, 0.29) is 35.8 Å². The molecule has 0 atom stereocenters. The first-order chi connectivity index (χ1) is 12.4. The minimum absolute atomic E-state index is 0.0666.